The lowest BCUT2D eigenvalue weighted by atomic mass is 10.1. The highest BCUT2D eigenvalue weighted by Crippen LogP contribution is 2.25. The average Bonchev–Trinajstić information content (AvgIpc) is 2.56. The molecule has 3 rings (SSSR count). The molecule has 2 aromatic rings. The Morgan fingerprint density at radius 3 is 2.54 bits per heavy atom. The molecule has 0 bridgehead atoms. The minimum atomic E-state index is -1.35. The van der Waals surface area contributed by atoms with Crippen LogP contribution in [-0.2, 0) is 0 Å². The third-order valence-electron chi connectivity index (χ3n) is 4.20. The van der Waals surface area contributed by atoms with Crippen LogP contribution in [0.5, 0.6) is 0 Å². The molecule has 1 aliphatic rings. The Kier molecular flexibility index (Phi) is 4.12. The maximum Gasteiger partial charge on any atom is 0.341 e. The maximum absolute atomic E-state index is 14.5. The van der Waals surface area contributed by atoms with Crippen LogP contribution in [-0.4, -0.2) is 54.0 Å². The van der Waals surface area contributed by atoms with Gasteiger partial charge in [0, 0.05) is 39.4 Å². The molecule has 0 aliphatic carbocycles. The Balaban J connectivity index is 2.18. The van der Waals surface area contributed by atoms with E-state index in [1.807, 2.05) is 4.90 Å². The molecule has 8 nitrogen and oxygen atoms in total. The molecule has 0 radical (unpaired) electrons. The van der Waals surface area contributed by atoms with Crippen molar-refractivity contribution in [2.45, 2.75) is 0 Å². The molecule has 24 heavy (non-hydrogen) atoms. The van der Waals surface area contributed by atoms with Crippen LogP contribution in [0, 0.1) is 5.82 Å². The van der Waals surface area contributed by atoms with Crippen molar-refractivity contribution in [2.24, 2.45) is 5.84 Å². The lowest BCUT2D eigenvalue weighted by Crippen LogP contribution is -2.49. The van der Waals surface area contributed by atoms with Crippen molar-refractivity contribution in [3.8, 4) is 0 Å². The predicted octanol–water partition coefficient (Wildman–Crippen LogP) is 0.00780. The van der Waals surface area contributed by atoms with Gasteiger partial charge in [0.1, 0.15) is 11.4 Å². The van der Waals surface area contributed by atoms with Crippen LogP contribution in [0.4, 0.5) is 10.1 Å². The van der Waals surface area contributed by atoms with Crippen molar-refractivity contribution in [2.75, 3.05) is 43.6 Å². The van der Waals surface area contributed by atoms with Gasteiger partial charge in [-0.05, 0) is 12.1 Å². The van der Waals surface area contributed by atoms with Gasteiger partial charge >= 0.3 is 5.97 Å². The normalized spacial score (nSPS) is 15.7. The number of aromatic nitrogens is 1. The summed E-state index contributed by atoms with van der Waals surface area (Å²) in [5.74, 6) is 3.80. The monoisotopic (exact) mass is 335 g/mol. The Morgan fingerprint density at radius 1 is 1.29 bits per heavy atom. The second kappa shape index (κ2) is 6.10. The highest BCUT2D eigenvalue weighted by molar-refractivity contribution is 5.93. The SMILES string of the molecule is CNn1cc(C(=O)O)c(=O)c2cc(F)c(N3CCN(N)CC3)cc21. The number of rotatable bonds is 3. The molecule has 0 unspecified atom stereocenters. The molecule has 1 aromatic heterocycles. The Hall–Kier alpha value is -2.65. The third-order valence-corrected chi connectivity index (χ3v) is 4.20. The summed E-state index contributed by atoms with van der Waals surface area (Å²) in [5, 5.41) is 10.8. The molecule has 0 amide bonds. The lowest BCUT2D eigenvalue weighted by Gasteiger charge is -2.34. The van der Waals surface area contributed by atoms with Crippen LogP contribution in [0.1, 0.15) is 10.4 Å². The third kappa shape index (κ3) is 2.68. The number of hydrogen-bond acceptors (Lipinski definition) is 6. The molecule has 1 aromatic carbocycles. The Bertz CT molecular complexity index is 858. The first kappa shape index (κ1) is 16.2. The van der Waals surface area contributed by atoms with Crippen molar-refractivity contribution in [1.82, 2.24) is 9.69 Å². The maximum atomic E-state index is 14.5. The minimum absolute atomic E-state index is 0.0166. The minimum Gasteiger partial charge on any atom is -0.477 e. The Labute approximate surface area is 136 Å². The van der Waals surface area contributed by atoms with E-state index in [1.54, 1.807) is 18.1 Å². The van der Waals surface area contributed by atoms with Gasteiger partial charge in [0.25, 0.3) is 0 Å². The van der Waals surface area contributed by atoms with Crippen molar-refractivity contribution in [1.29, 1.82) is 0 Å². The topological polar surface area (TPSA) is 104 Å². The van der Waals surface area contributed by atoms with Gasteiger partial charge in [0.05, 0.1) is 16.6 Å². The summed E-state index contributed by atoms with van der Waals surface area (Å²) < 4.78 is 16.0. The number of piperazine rings is 1. The number of carbonyl (C=O) groups is 1. The van der Waals surface area contributed by atoms with Gasteiger partial charge in [-0.1, -0.05) is 0 Å². The molecule has 1 aliphatic heterocycles. The van der Waals surface area contributed by atoms with Crippen LogP contribution in [0.25, 0.3) is 10.9 Å². The summed E-state index contributed by atoms with van der Waals surface area (Å²) in [5.41, 5.74) is 2.45. The number of fused-ring (bicyclic) bond motifs is 1. The van der Waals surface area contributed by atoms with E-state index in [0.29, 0.717) is 37.4 Å². The molecular weight excluding hydrogens is 317 g/mol. The summed E-state index contributed by atoms with van der Waals surface area (Å²) >= 11 is 0. The van der Waals surface area contributed by atoms with Crippen molar-refractivity contribution in [3.63, 3.8) is 0 Å². The number of aromatic carboxylic acids is 1. The smallest absolute Gasteiger partial charge is 0.341 e. The molecule has 4 N–H and O–H groups in total. The fraction of sp³-hybridized carbons (Fsp3) is 0.333. The summed E-state index contributed by atoms with van der Waals surface area (Å²) in [7, 11) is 1.59. The van der Waals surface area contributed by atoms with Crippen LogP contribution < -0.4 is 21.6 Å². The van der Waals surface area contributed by atoms with E-state index in [4.69, 9.17) is 10.9 Å². The number of nitrogens with one attached hydrogen (secondary N) is 1. The molecule has 2 heterocycles. The molecule has 9 heteroatoms. The van der Waals surface area contributed by atoms with E-state index >= 15 is 0 Å². The van der Waals surface area contributed by atoms with Gasteiger partial charge in [0.15, 0.2) is 0 Å². The fourth-order valence-electron chi connectivity index (χ4n) is 2.88. The highest BCUT2D eigenvalue weighted by Gasteiger charge is 2.21. The van der Waals surface area contributed by atoms with Crippen molar-refractivity contribution < 1.29 is 14.3 Å². The van der Waals surface area contributed by atoms with E-state index in [-0.39, 0.29) is 5.39 Å². The molecule has 1 saturated heterocycles. The first-order valence-corrected chi connectivity index (χ1v) is 7.47. The number of carboxylic acids is 1. The number of nitrogens with zero attached hydrogens (tertiary/aromatic N) is 3. The molecule has 128 valence electrons. The number of hydrogen-bond donors (Lipinski definition) is 3. The summed E-state index contributed by atoms with van der Waals surface area (Å²) in [6.45, 7) is 2.34. The number of hydrazine groups is 1. The van der Waals surface area contributed by atoms with Crippen molar-refractivity contribution >= 4 is 22.6 Å². The van der Waals surface area contributed by atoms with E-state index in [1.165, 1.54) is 10.9 Å². The number of anilines is 1. The zero-order chi connectivity index (χ0) is 17.4. The van der Waals surface area contributed by atoms with E-state index < -0.39 is 22.8 Å². The quantitative estimate of drug-likeness (QED) is 0.679. The largest absolute Gasteiger partial charge is 0.477 e. The molecule has 0 atom stereocenters. The predicted molar refractivity (Wildman–Crippen MR) is 88.4 cm³/mol. The van der Waals surface area contributed by atoms with Gasteiger partial charge in [-0.25, -0.2) is 14.2 Å². The second-order valence-corrected chi connectivity index (χ2v) is 5.61. The fourth-order valence-corrected chi connectivity index (χ4v) is 2.88. The lowest BCUT2D eigenvalue weighted by molar-refractivity contribution is 0.0695. The zero-order valence-corrected chi connectivity index (χ0v) is 13.1. The standard InChI is InChI=1S/C15H18FN5O3/c1-18-21-8-10(15(23)24)14(22)9-6-11(16)13(7-12(9)21)19-2-4-20(17)5-3-19/h6-8,18H,2-5,17H2,1H3,(H,23,24). The number of pyridine rings is 1. The van der Waals surface area contributed by atoms with E-state index in [9.17, 15) is 14.0 Å². The van der Waals surface area contributed by atoms with Crippen LogP contribution in [0.15, 0.2) is 23.1 Å². The summed E-state index contributed by atoms with van der Waals surface area (Å²) in [6.07, 6.45) is 1.20. The number of benzene rings is 1. The van der Waals surface area contributed by atoms with E-state index in [0.717, 1.165) is 6.07 Å². The van der Waals surface area contributed by atoms with Crippen LogP contribution in [0.3, 0.4) is 0 Å². The first-order chi connectivity index (χ1) is 11.4. The summed E-state index contributed by atoms with van der Waals surface area (Å²) in [4.78, 5) is 25.4. The van der Waals surface area contributed by atoms with Gasteiger partial charge in [-0.3, -0.25) is 15.3 Å². The highest BCUT2D eigenvalue weighted by atomic mass is 19.1. The summed E-state index contributed by atoms with van der Waals surface area (Å²) in [6, 6.07) is 2.66. The average molecular weight is 335 g/mol. The van der Waals surface area contributed by atoms with Gasteiger partial charge < -0.3 is 15.4 Å². The molecule has 1 fully saturated rings. The van der Waals surface area contributed by atoms with Crippen LogP contribution in [0.2, 0.25) is 0 Å². The number of carboxylic acid groups (broad SMARTS) is 1. The van der Waals surface area contributed by atoms with Gasteiger partial charge in [-0.15, -0.1) is 0 Å². The van der Waals surface area contributed by atoms with Gasteiger partial charge in [0.2, 0.25) is 5.43 Å². The second-order valence-electron chi connectivity index (χ2n) is 5.61. The van der Waals surface area contributed by atoms with Crippen LogP contribution >= 0.6 is 0 Å². The number of nitrogens with two attached hydrogens (primary N) is 1. The first-order valence-electron chi connectivity index (χ1n) is 7.47. The Morgan fingerprint density at radius 2 is 1.96 bits per heavy atom. The van der Waals surface area contributed by atoms with Gasteiger partial charge in [-0.2, -0.15) is 0 Å². The molecule has 0 saturated carbocycles. The zero-order valence-electron chi connectivity index (χ0n) is 13.1. The van der Waals surface area contributed by atoms with Crippen molar-refractivity contribution in [3.05, 3.63) is 39.9 Å². The van der Waals surface area contributed by atoms with E-state index in [2.05, 4.69) is 5.43 Å². The molecule has 0 spiro atoms. The number of halogens is 1. The molecular formula is C15H18FN5O3.